The topological polar surface area (TPSA) is 84.0 Å². The molecule has 0 saturated carbocycles. The van der Waals surface area contributed by atoms with E-state index in [9.17, 15) is 28.0 Å². The van der Waals surface area contributed by atoms with Crippen LogP contribution in [0.1, 0.15) is 36.7 Å². The maximum absolute atomic E-state index is 14.6. The maximum atomic E-state index is 14.6. The number of thiophene rings is 1. The Balaban J connectivity index is 1.55. The summed E-state index contributed by atoms with van der Waals surface area (Å²) in [5, 5.41) is 8.27. The SMILES string of the molecule is Cc1cc2c(cc1C#N)C(=O)/C(=C\c1cc3oc(-c4c(F)c(P)c(F)c(F)c4P)nc3s1)C2=O. The van der Waals surface area contributed by atoms with Crippen LogP contribution in [0.25, 0.3) is 27.9 Å². The molecule has 168 valence electrons. The fourth-order valence-electron chi connectivity index (χ4n) is 3.71. The molecule has 2 unspecified atom stereocenters. The van der Waals surface area contributed by atoms with Crippen molar-refractivity contribution in [3.8, 4) is 17.5 Å². The quantitative estimate of drug-likeness (QED) is 0.169. The fraction of sp³-hybridized carbons (Fsp3) is 0.0435. The van der Waals surface area contributed by atoms with Gasteiger partial charge in [-0.1, -0.05) is 9.24 Å². The molecule has 5 rings (SSSR count). The van der Waals surface area contributed by atoms with E-state index in [1.54, 1.807) is 6.92 Å². The summed E-state index contributed by atoms with van der Waals surface area (Å²) < 4.78 is 48.1. The molecule has 2 aromatic carbocycles. The van der Waals surface area contributed by atoms with Crippen molar-refractivity contribution in [1.82, 2.24) is 4.98 Å². The Hall–Kier alpha value is -3.17. The molecule has 34 heavy (non-hydrogen) atoms. The van der Waals surface area contributed by atoms with E-state index in [1.807, 2.05) is 24.5 Å². The first-order valence-electron chi connectivity index (χ1n) is 9.60. The second-order valence-electron chi connectivity index (χ2n) is 7.52. The van der Waals surface area contributed by atoms with Crippen LogP contribution in [0.3, 0.4) is 0 Å². The monoisotopic (exact) mass is 514 g/mol. The lowest BCUT2D eigenvalue weighted by atomic mass is 10.0. The number of fused-ring (bicyclic) bond motifs is 2. The van der Waals surface area contributed by atoms with Crippen LogP contribution in [-0.4, -0.2) is 16.6 Å². The van der Waals surface area contributed by atoms with Crippen LogP contribution in [0.15, 0.2) is 28.2 Å². The highest BCUT2D eigenvalue weighted by Gasteiger charge is 2.34. The number of nitriles is 1. The maximum Gasteiger partial charge on any atom is 0.231 e. The van der Waals surface area contributed by atoms with Gasteiger partial charge in [-0.2, -0.15) is 10.2 Å². The number of aromatic nitrogens is 1. The molecule has 0 saturated heterocycles. The number of Topliss-reactive ketones (excluding diaryl/α,β-unsaturated/α-hetero) is 2. The van der Waals surface area contributed by atoms with E-state index in [0.717, 1.165) is 11.3 Å². The van der Waals surface area contributed by atoms with Gasteiger partial charge in [-0.25, -0.2) is 13.2 Å². The van der Waals surface area contributed by atoms with Crippen LogP contribution in [0, 0.1) is 35.7 Å². The van der Waals surface area contributed by atoms with Crippen LogP contribution >= 0.6 is 29.8 Å². The second kappa shape index (κ2) is 7.95. The number of rotatable bonds is 2. The first-order valence-corrected chi connectivity index (χ1v) is 11.6. The first-order chi connectivity index (χ1) is 16.1. The van der Waals surface area contributed by atoms with E-state index in [2.05, 4.69) is 4.98 Å². The minimum Gasteiger partial charge on any atom is -0.435 e. The summed E-state index contributed by atoms with van der Waals surface area (Å²) in [5.74, 6) is -4.73. The van der Waals surface area contributed by atoms with Crippen LogP contribution in [0.5, 0.6) is 0 Å². The van der Waals surface area contributed by atoms with E-state index >= 15 is 0 Å². The largest absolute Gasteiger partial charge is 0.435 e. The van der Waals surface area contributed by atoms with E-state index in [4.69, 9.17) is 4.42 Å². The van der Waals surface area contributed by atoms with Gasteiger partial charge in [-0.3, -0.25) is 9.59 Å². The Morgan fingerprint density at radius 2 is 1.68 bits per heavy atom. The number of hydrogen-bond acceptors (Lipinski definition) is 6. The zero-order valence-electron chi connectivity index (χ0n) is 17.1. The highest BCUT2D eigenvalue weighted by atomic mass is 32.1. The minimum atomic E-state index is -1.32. The summed E-state index contributed by atoms with van der Waals surface area (Å²) >= 11 is 1.08. The average molecular weight is 514 g/mol. The Morgan fingerprint density at radius 1 is 1.03 bits per heavy atom. The molecular weight excluding hydrogens is 503 g/mol. The predicted octanol–water partition coefficient (Wildman–Crippen LogP) is 4.62. The van der Waals surface area contributed by atoms with Gasteiger partial charge >= 0.3 is 0 Å². The molecule has 0 aliphatic heterocycles. The number of oxazole rings is 1. The number of nitrogens with zero attached hydrogens (tertiary/aromatic N) is 2. The number of carbonyl (C=O) groups is 2. The lowest BCUT2D eigenvalue weighted by Gasteiger charge is -2.08. The van der Waals surface area contributed by atoms with Gasteiger partial charge in [0.2, 0.25) is 5.89 Å². The molecule has 2 heterocycles. The number of hydrogen-bond donors (Lipinski definition) is 0. The van der Waals surface area contributed by atoms with E-state index in [0.29, 0.717) is 20.8 Å². The van der Waals surface area contributed by atoms with Crippen LogP contribution in [-0.2, 0) is 0 Å². The van der Waals surface area contributed by atoms with Gasteiger partial charge < -0.3 is 4.42 Å². The molecular formula is C23H11F3N2O3P2S. The van der Waals surface area contributed by atoms with Gasteiger partial charge in [0, 0.05) is 32.7 Å². The molecule has 0 bridgehead atoms. The normalized spacial score (nSPS) is 14.3. The van der Waals surface area contributed by atoms with E-state index in [-0.39, 0.29) is 39.0 Å². The predicted molar refractivity (Wildman–Crippen MR) is 128 cm³/mol. The number of aryl methyl sites for hydroxylation is 1. The molecule has 0 radical (unpaired) electrons. The smallest absolute Gasteiger partial charge is 0.231 e. The van der Waals surface area contributed by atoms with Gasteiger partial charge in [0.25, 0.3) is 0 Å². The third kappa shape index (κ3) is 3.25. The van der Waals surface area contributed by atoms with Crippen molar-refractivity contribution < 1.29 is 27.2 Å². The molecule has 0 fully saturated rings. The number of benzene rings is 2. The van der Waals surface area contributed by atoms with Crippen molar-refractivity contribution >= 4 is 68.5 Å². The van der Waals surface area contributed by atoms with Gasteiger partial charge in [0.05, 0.1) is 22.8 Å². The summed E-state index contributed by atoms with van der Waals surface area (Å²) in [6.45, 7) is 1.69. The molecule has 2 atom stereocenters. The highest BCUT2D eigenvalue weighted by Crippen LogP contribution is 2.35. The molecule has 1 aliphatic carbocycles. The Bertz CT molecular complexity index is 1620. The van der Waals surface area contributed by atoms with Crippen LogP contribution in [0.2, 0.25) is 0 Å². The second-order valence-corrected chi connectivity index (χ2v) is 9.74. The third-order valence-corrected chi connectivity index (χ3v) is 7.47. The minimum absolute atomic E-state index is 0.0554. The Labute approximate surface area is 198 Å². The number of halogens is 3. The van der Waals surface area contributed by atoms with Crippen LogP contribution in [0.4, 0.5) is 13.2 Å². The molecule has 4 aromatic rings. The number of allylic oxidation sites excluding steroid dienone is 1. The lowest BCUT2D eigenvalue weighted by molar-refractivity contribution is 0.0990. The van der Waals surface area contributed by atoms with Crippen molar-refractivity contribution in [2.24, 2.45) is 0 Å². The molecule has 0 amide bonds. The standard InChI is InChI=1S/C23H11F3N2O3P2S/c1-7-2-10-11(3-8(7)6-27)19(30)12(18(10)29)4-9-5-13-23(34-9)28-22(31-13)14-15(24)21(33)17(26)16(25)20(14)32/h2-5H,32-33H2,1H3/b12-4-. The molecule has 2 aromatic heterocycles. The molecule has 5 nitrogen and oxygen atoms in total. The van der Waals surface area contributed by atoms with Crippen molar-refractivity contribution in [2.75, 3.05) is 0 Å². The van der Waals surface area contributed by atoms with Gasteiger partial charge in [-0.05, 0) is 30.7 Å². The Kier molecular flexibility index (Phi) is 5.29. The number of ketones is 2. The summed E-state index contributed by atoms with van der Waals surface area (Å²) in [4.78, 5) is 30.6. The number of carbonyl (C=O) groups excluding carboxylic acids is 2. The van der Waals surface area contributed by atoms with E-state index in [1.165, 1.54) is 24.3 Å². The Morgan fingerprint density at radius 3 is 2.32 bits per heavy atom. The average Bonchev–Trinajstić information content (AvgIpc) is 3.43. The highest BCUT2D eigenvalue weighted by molar-refractivity contribution is 7.29. The zero-order chi connectivity index (χ0) is 24.5. The first kappa shape index (κ1) is 22.6. The molecule has 0 N–H and O–H groups in total. The summed E-state index contributed by atoms with van der Waals surface area (Å²) in [6, 6.07) is 6.46. The third-order valence-electron chi connectivity index (χ3n) is 5.46. The summed E-state index contributed by atoms with van der Waals surface area (Å²) in [7, 11) is 3.76. The van der Waals surface area contributed by atoms with Gasteiger partial charge in [0.1, 0.15) is 5.82 Å². The molecule has 1 aliphatic rings. The zero-order valence-corrected chi connectivity index (χ0v) is 20.3. The molecule has 0 spiro atoms. The fourth-order valence-corrected chi connectivity index (χ4v) is 5.25. The van der Waals surface area contributed by atoms with Crippen molar-refractivity contribution in [2.45, 2.75) is 6.92 Å². The summed E-state index contributed by atoms with van der Waals surface area (Å²) in [5.41, 5.74) is 1.18. The van der Waals surface area contributed by atoms with Gasteiger partial charge in [0.15, 0.2) is 33.6 Å². The lowest BCUT2D eigenvalue weighted by Crippen LogP contribution is -2.19. The van der Waals surface area contributed by atoms with Crippen molar-refractivity contribution in [3.63, 3.8) is 0 Å². The van der Waals surface area contributed by atoms with Crippen molar-refractivity contribution in [3.05, 3.63) is 68.4 Å². The van der Waals surface area contributed by atoms with Crippen molar-refractivity contribution in [1.29, 1.82) is 5.26 Å². The summed E-state index contributed by atoms with van der Waals surface area (Å²) in [6.07, 6.45) is 1.41. The van der Waals surface area contributed by atoms with Gasteiger partial charge in [-0.15, -0.1) is 20.6 Å². The van der Waals surface area contributed by atoms with E-state index < -0.39 is 34.3 Å². The molecule has 11 heteroatoms. The van der Waals surface area contributed by atoms with Crippen LogP contribution < -0.4 is 10.6 Å².